The highest BCUT2D eigenvalue weighted by atomic mass is 32.1. The van der Waals surface area contributed by atoms with Crippen LogP contribution in [0.3, 0.4) is 0 Å². The monoisotopic (exact) mass is 637 g/mol. The number of fused-ring (bicyclic) bond motifs is 1. The fourth-order valence-corrected chi connectivity index (χ4v) is 6.11. The molecular weight excluding hydrogens is 595 g/mol. The molecule has 2 aromatic carbocycles. The minimum atomic E-state index is -0.982. The summed E-state index contributed by atoms with van der Waals surface area (Å²) in [5.41, 5.74) is 6.87. The lowest BCUT2D eigenvalue weighted by atomic mass is 9.80. The van der Waals surface area contributed by atoms with Gasteiger partial charge >= 0.3 is 5.97 Å². The molecule has 0 radical (unpaired) electrons. The first-order chi connectivity index (χ1) is 21.8. The average Bonchev–Trinajstić information content (AvgIpc) is 3.32. The van der Waals surface area contributed by atoms with Gasteiger partial charge in [0.1, 0.15) is 12.4 Å². The molecule has 0 aliphatic carbocycles. The summed E-state index contributed by atoms with van der Waals surface area (Å²) in [6.07, 6.45) is 4.01. The number of carboxylic acid groups (broad SMARTS) is 1. The van der Waals surface area contributed by atoms with Crippen molar-refractivity contribution >= 4 is 29.5 Å². The van der Waals surface area contributed by atoms with Crippen LogP contribution in [0.25, 0.3) is 22.0 Å². The molecule has 0 aliphatic heterocycles. The third-order valence-electron chi connectivity index (χ3n) is 8.22. The molecule has 0 bridgehead atoms. The number of hydrogen-bond donors (Lipinski definition) is 2. The maximum Gasteiger partial charge on any atom is 0.309 e. The Morgan fingerprint density at radius 1 is 0.891 bits per heavy atom. The fraction of sp³-hybridized carbons (Fsp3) is 0.342. The Kier molecular flexibility index (Phi) is 9.49. The number of nitrogens with zero attached hydrogens (tertiary/aromatic N) is 3. The molecule has 0 unspecified atom stereocenters. The molecule has 1 N–H and O–H groups in total. The van der Waals surface area contributed by atoms with E-state index >= 15 is 0 Å². The number of carbonyl (C=O) groups is 1. The first-order valence-corrected chi connectivity index (χ1v) is 16.1. The summed E-state index contributed by atoms with van der Waals surface area (Å²) in [5.74, 6) is 0.439. The third kappa shape index (κ3) is 7.07. The second-order valence-corrected chi connectivity index (χ2v) is 13.9. The molecule has 3 aromatic heterocycles. The van der Waals surface area contributed by atoms with Crippen LogP contribution in [0.5, 0.6) is 11.6 Å². The zero-order valence-electron chi connectivity index (χ0n) is 27.7. The van der Waals surface area contributed by atoms with Crippen molar-refractivity contribution in [3.8, 4) is 22.8 Å². The largest absolute Gasteiger partial charge is 0.486 e. The lowest BCUT2D eigenvalue weighted by molar-refractivity contribution is -0.146. The van der Waals surface area contributed by atoms with Crippen LogP contribution in [0.15, 0.2) is 78.0 Å². The Labute approximate surface area is 277 Å². The van der Waals surface area contributed by atoms with Gasteiger partial charge in [0.15, 0.2) is 0 Å². The van der Waals surface area contributed by atoms with Gasteiger partial charge in [-0.3, -0.25) is 9.78 Å². The number of aromatic nitrogens is 3. The van der Waals surface area contributed by atoms with Crippen LogP contribution in [0, 0.1) is 12.3 Å². The average molecular weight is 638 g/mol. The van der Waals surface area contributed by atoms with Crippen molar-refractivity contribution in [2.75, 3.05) is 6.61 Å². The standard InChI is InChI=1S/C38H43N3O4S/c1-8-44-32-18-14-27(21-40-32)26-12-10-25(11-13-26)22-41-29-16-17-31(45-23-28-15-9-24(2)20-39-28)35(46)33(29)34(37(3,4)5)30(41)19-38(6,7)36(42)43/h9-18,20-21,46H,8,19,22-23H2,1-7H3,(H,42,43). The first kappa shape index (κ1) is 33.1. The predicted molar refractivity (Wildman–Crippen MR) is 186 cm³/mol. The van der Waals surface area contributed by atoms with Gasteiger partial charge < -0.3 is 19.1 Å². The molecule has 0 aliphatic rings. The summed E-state index contributed by atoms with van der Waals surface area (Å²) in [5, 5.41) is 11.2. The summed E-state index contributed by atoms with van der Waals surface area (Å²) in [6, 6.07) is 20.3. The molecule has 0 saturated heterocycles. The number of rotatable bonds is 11. The second kappa shape index (κ2) is 13.2. The summed E-state index contributed by atoms with van der Waals surface area (Å²) in [4.78, 5) is 22.0. The van der Waals surface area contributed by atoms with Crippen LogP contribution in [-0.2, 0) is 29.8 Å². The first-order valence-electron chi connectivity index (χ1n) is 15.6. The second-order valence-electron chi connectivity index (χ2n) is 13.5. The summed E-state index contributed by atoms with van der Waals surface area (Å²) < 4.78 is 14.0. The van der Waals surface area contributed by atoms with E-state index in [0.717, 1.165) is 55.0 Å². The smallest absolute Gasteiger partial charge is 0.309 e. The van der Waals surface area contributed by atoms with E-state index in [2.05, 4.69) is 65.6 Å². The molecule has 0 fully saturated rings. The highest BCUT2D eigenvalue weighted by Gasteiger charge is 2.35. The number of carboxylic acids is 1. The molecule has 0 atom stereocenters. The highest BCUT2D eigenvalue weighted by Crippen LogP contribution is 2.44. The number of thiol groups is 1. The molecule has 0 amide bonds. The van der Waals surface area contributed by atoms with Gasteiger partial charge in [0.2, 0.25) is 5.88 Å². The van der Waals surface area contributed by atoms with Crippen LogP contribution in [0.2, 0.25) is 0 Å². The molecule has 5 aromatic rings. The number of aliphatic carboxylic acids is 1. The number of ether oxygens (including phenoxy) is 2. The molecule has 8 heteroatoms. The van der Waals surface area contributed by atoms with Gasteiger partial charge in [-0.05, 0) is 79.6 Å². The van der Waals surface area contributed by atoms with Crippen molar-refractivity contribution in [2.24, 2.45) is 5.41 Å². The molecule has 5 rings (SSSR count). The van der Waals surface area contributed by atoms with Gasteiger partial charge in [0, 0.05) is 48.1 Å². The van der Waals surface area contributed by atoms with Crippen LogP contribution in [0.4, 0.5) is 0 Å². The summed E-state index contributed by atoms with van der Waals surface area (Å²) in [7, 11) is 0. The van der Waals surface area contributed by atoms with Crippen molar-refractivity contribution in [2.45, 2.75) is 78.3 Å². The van der Waals surface area contributed by atoms with E-state index in [4.69, 9.17) is 22.1 Å². The van der Waals surface area contributed by atoms with E-state index in [9.17, 15) is 9.90 Å². The minimum absolute atomic E-state index is 0.299. The Morgan fingerprint density at radius 2 is 1.61 bits per heavy atom. The van der Waals surface area contributed by atoms with Crippen LogP contribution < -0.4 is 9.47 Å². The van der Waals surface area contributed by atoms with E-state index in [1.807, 2.05) is 56.6 Å². The van der Waals surface area contributed by atoms with Crippen LogP contribution in [0.1, 0.15) is 69.6 Å². The Morgan fingerprint density at radius 3 is 2.20 bits per heavy atom. The van der Waals surface area contributed by atoms with Crippen molar-refractivity contribution in [1.82, 2.24) is 14.5 Å². The Hall–Kier alpha value is -4.30. The quantitative estimate of drug-likeness (QED) is 0.141. The highest BCUT2D eigenvalue weighted by molar-refractivity contribution is 7.80. The number of benzene rings is 2. The maximum absolute atomic E-state index is 12.4. The predicted octanol–water partition coefficient (Wildman–Crippen LogP) is 8.67. The molecule has 0 spiro atoms. The topological polar surface area (TPSA) is 86.5 Å². The van der Waals surface area contributed by atoms with E-state index in [1.54, 1.807) is 13.8 Å². The van der Waals surface area contributed by atoms with Crippen LogP contribution in [-0.4, -0.2) is 32.2 Å². The molecule has 3 heterocycles. The Bertz CT molecular complexity index is 1840. The van der Waals surface area contributed by atoms with E-state index in [0.29, 0.717) is 37.8 Å². The molecule has 240 valence electrons. The van der Waals surface area contributed by atoms with Crippen molar-refractivity contribution < 1.29 is 19.4 Å². The van der Waals surface area contributed by atoms with E-state index < -0.39 is 11.4 Å². The van der Waals surface area contributed by atoms with E-state index in [-0.39, 0.29) is 5.41 Å². The minimum Gasteiger partial charge on any atom is -0.486 e. The third-order valence-corrected chi connectivity index (χ3v) is 8.66. The number of pyridine rings is 2. The van der Waals surface area contributed by atoms with Crippen molar-refractivity contribution in [3.63, 3.8) is 0 Å². The van der Waals surface area contributed by atoms with Crippen molar-refractivity contribution in [1.29, 1.82) is 0 Å². The van der Waals surface area contributed by atoms with Gasteiger partial charge in [-0.2, -0.15) is 0 Å². The molecule has 7 nitrogen and oxygen atoms in total. The van der Waals surface area contributed by atoms with Gasteiger partial charge in [-0.1, -0.05) is 51.1 Å². The molecule has 0 saturated carbocycles. The summed E-state index contributed by atoms with van der Waals surface area (Å²) >= 11 is 5.05. The lowest BCUT2D eigenvalue weighted by Gasteiger charge is -2.26. The van der Waals surface area contributed by atoms with Crippen molar-refractivity contribution in [3.05, 3.63) is 101 Å². The Balaban J connectivity index is 1.58. The normalized spacial score (nSPS) is 12.0. The molecular formula is C38H43N3O4S. The zero-order chi connectivity index (χ0) is 33.2. The summed E-state index contributed by atoms with van der Waals surface area (Å²) in [6.45, 7) is 15.5. The molecule has 46 heavy (non-hydrogen) atoms. The van der Waals surface area contributed by atoms with Gasteiger partial charge in [-0.15, -0.1) is 12.6 Å². The SMILES string of the molecule is CCOc1ccc(-c2ccc(Cn3c(CC(C)(C)C(=O)O)c(C(C)(C)C)c4c(S)c(OCc5ccc(C)cn5)ccc43)cc2)cn1. The maximum atomic E-state index is 12.4. The fourth-order valence-electron chi connectivity index (χ4n) is 5.75. The number of hydrogen-bond acceptors (Lipinski definition) is 6. The van der Waals surface area contributed by atoms with Gasteiger partial charge in [0.25, 0.3) is 0 Å². The van der Waals surface area contributed by atoms with E-state index in [1.165, 1.54) is 0 Å². The van der Waals surface area contributed by atoms with Crippen LogP contribution >= 0.6 is 12.6 Å². The number of aryl methyl sites for hydroxylation is 1. The zero-order valence-corrected chi connectivity index (χ0v) is 28.6. The van der Waals surface area contributed by atoms with Gasteiger partial charge in [0.05, 0.1) is 28.1 Å². The lowest BCUT2D eigenvalue weighted by Crippen LogP contribution is -2.29. The van der Waals surface area contributed by atoms with Gasteiger partial charge in [-0.25, -0.2) is 4.98 Å².